The SMILES string of the molecule is Nc1cc2cccccc-2c1S(=O)(=O)c1ccc([N+](=O)[O-])cc1. The molecule has 0 amide bonds. The summed E-state index contributed by atoms with van der Waals surface area (Å²) in [4.78, 5) is 10.1. The van der Waals surface area contributed by atoms with Crippen LogP contribution in [0, 0.1) is 10.1 Å². The van der Waals surface area contributed by atoms with Crippen LogP contribution in [0.3, 0.4) is 0 Å². The van der Waals surface area contributed by atoms with E-state index in [1.807, 2.05) is 0 Å². The van der Waals surface area contributed by atoms with Crippen LogP contribution in [-0.2, 0) is 9.84 Å². The highest BCUT2D eigenvalue weighted by atomic mass is 32.2. The molecule has 0 heterocycles. The Morgan fingerprint density at radius 3 is 2.26 bits per heavy atom. The molecule has 0 aromatic heterocycles. The van der Waals surface area contributed by atoms with E-state index in [2.05, 4.69) is 0 Å². The molecule has 0 atom stereocenters. The number of nitrogens with two attached hydrogens (primary N) is 1. The van der Waals surface area contributed by atoms with Crippen LogP contribution in [0.25, 0.3) is 11.1 Å². The van der Waals surface area contributed by atoms with Gasteiger partial charge in [0.1, 0.15) is 4.90 Å². The van der Waals surface area contributed by atoms with Gasteiger partial charge < -0.3 is 5.73 Å². The normalized spacial score (nSPS) is 11.5. The topological polar surface area (TPSA) is 103 Å². The number of hydrogen-bond acceptors (Lipinski definition) is 5. The van der Waals surface area contributed by atoms with Gasteiger partial charge in [0.25, 0.3) is 5.69 Å². The monoisotopic (exact) mass is 328 g/mol. The molecular weight excluding hydrogens is 316 g/mol. The van der Waals surface area contributed by atoms with Crippen LogP contribution in [0.1, 0.15) is 0 Å². The van der Waals surface area contributed by atoms with Gasteiger partial charge in [0.2, 0.25) is 9.84 Å². The summed E-state index contributed by atoms with van der Waals surface area (Å²) in [7, 11) is -3.87. The fourth-order valence-electron chi connectivity index (χ4n) is 2.45. The number of anilines is 1. The molecule has 0 saturated carbocycles. The van der Waals surface area contributed by atoms with Crippen LogP contribution in [0.4, 0.5) is 11.4 Å². The molecule has 0 unspecified atom stereocenters. The molecule has 0 aliphatic heterocycles. The van der Waals surface area contributed by atoms with Crippen LogP contribution in [-0.4, -0.2) is 13.3 Å². The van der Waals surface area contributed by atoms with Crippen LogP contribution in [0.2, 0.25) is 0 Å². The molecule has 0 bridgehead atoms. The van der Waals surface area contributed by atoms with Crippen molar-refractivity contribution in [2.45, 2.75) is 9.79 Å². The van der Waals surface area contributed by atoms with Crippen molar-refractivity contribution in [2.75, 3.05) is 5.73 Å². The van der Waals surface area contributed by atoms with Crippen molar-refractivity contribution in [3.8, 4) is 11.1 Å². The van der Waals surface area contributed by atoms with Gasteiger partial charge >= 0.3 is 0 Å². The molecule has 6 nitrogen and oxygen atoms in total. The summed E-state index contributed by atoms with van der Waals surface area (Å²) in [6, 6.07) is 15.1. The number of nitrogens with zero attached hydrogens (tertiary/aromatic N) is 1. The Labute approximate surface area is 132 Å². The molecule has 3 rings (SSSR count). The number of sulfone groups is 1. The maximum Gasteiger partial charge on any atom is 0.269 e. The summed E-state index contributed by atoms with van der Waals surface area (Å²) < 4.78 is 25.7. The van der Waals surface area contributed by atoms with Gasteiger partial charge in [-0.05, 0) is 23.8 Å². The van der Waals surface area contributed by atoms with Crippen molar-refractivity contribution < 1.29 is 13.3 Å². The van der Waals surface area contributed by atoms with Crippen molar-refractivity contribution in [3.05, 3.63) is 70.8 Å². The Morgan fingerprint density at radius 1 is 0.957 bits per heavy atom. The predicted molar refractivity (Wildman–Crippen MR) is 86.0 cm³/mol. The van der Waals surface area contributed by atoms with E-state index in [4.69, 9.17) is 5.73 Å². The van der Waals surface area contributed by atoms with E-state index in [9.17, 15) is 18.5 Å². The van der Waals surface area contributed by atoms with E-state index in [-0.39, 0.29) is 21.2 Å². The molecule has 1 aromatic carbocycles. The highest BCUT2D eigenvalue weighted by Crippen LogP contribution is 2.39. The molecule has 7 heteroatoms. The van der Waals surface area contributed by atoms with Crippen molar-refractivity contribution in [3.63, 3.8) is 0 Å². The minimum atomic E-state index is -3.87. The number of nitro groups is 1. The molecule has 0 spiro atoms. The summed E-state index contributed by atoms with van der Waals surface area (Å²) in [5.41, 5.74) is 7.13. The number of fused-ring (bicyclic) bond motifs is 1. The zero-order valence-electron chi connectivity index (χ0n) is 11.8. The largest absolute Gasteiger partial charge is 0.398 e. The average molecular weight is 328 g/mol. The van der Waals surface area contributed by atoms with Gasteiger partial charge in [-0.3, -0.25) is 10.1 Å². The van der Waals surface area contributed by atoms with Crippen molar-refractivity contribution >= 4 is 21.2 Å². The first-order valence-corrected chi connectivity index (χ1v) is 8.16. The number of nitro benzene ring substituents is 1. The van der Waals surface area contributed by atoms with Gasteiger partial charge in [0, 0.05) is 17.7 Å². The molecule has 0 radical (unpaired) electrons. The lowest BCUT2D eigenvalue weighted by Gasteiger charge is -2.06. The minimum Gasteiger partial charge on any atom is -0.398 e. The first kappa shape index (κ1) is 15.0. The van der Waals surface area contributed by atoms with E-state index in [0.29, 0.717) is 11.1 Å². The Bertz CT molecular complexity index is 966. The van der Waals surface area contributed by atoms with Gasteiger partial charge in [-0.2, -0.15) is 0 Å². The number of rotatable bonds is 3. The maximum absolute atomic E-state index is 12.9. The van der Waals surface area contributed by atoms with Gasteiger partial charge in [-0.15, -0.1) is 0 Å². The molecule has 2 aliphatic rings. The Kier molecular flexibility index (Phi) is 3.49. The third-order valence-corrected chi connectivity index (χ3v) is 5.40. The first-order chi connectivity index (χ1) is 10.9. The zero-order valence-corrected chi connectivity index (χ0v) is 12.7. The van der Waals surface area contributed by atoms with E-state index in [0.717, 1.165) is 12.1 Å². The number of benzene rings is 1. The molecule has 0 saturated heterocycles. The van der Waals surface area contributed by atoms with Gasteiger partial charge in [-0.1, -0.05) is 30.3 Å². The minimum absolute atomic E-state index is 0.0255. The average Bonchev–Trinajstić information content (AvgIpc) is 2.68. The summed E-state index contributed by atoms with van der Waals surface area (Å²) in [6.45, 7) is 0. The highest BCUT2D eigenvalue weighted by molar-refractivity contribution is 7.91. The summed E-state index contributed by atoms with van der Waals surface area (Å²) in [5, 5.41) is 10.7. The van der Waals surface area contributed by atoms with Gasteiger partial charge in [0.05, 0.1) is 15.5 Å². The molecule has 0 fully saturated rings. The van der Waals surface area contributed by atoms with Crippen LogP contribution in [0.15, 0.2) is 70.5 Å². The van der Waals surface area contributed by atoms with Crippen molar-refractivity contribution in [1.29, 1.82) is 0 Å². The number of hydrogen-bond donors (Lipinski definition) is 1. The maximum atomic E-state index is 12.9. The molecule has 2 N–H and O–H groups in total. The lowest BCUT2D eigenvalue weighted by molar-refractivity contribution is -0.384. The third-order valence-electron chi connectivity index (χ3n) is 3.52. The Hall–Kier alpha value is -2.93. The summed E-state index contributed by atoms with van der Waals surface area (Å²) in [6.07, 6.45) is 0. The van der Waals surface area contributed by atoms with Crippen molar-refractivity contribution in [1.82, 2.24) is 0 Å². The van der Waals surface area contributed by atoms with Crippen LogP contribution < -0.4 is 5.73 Å². The second kappa shape index (κ2) is 5.36. The fraction of sp³-hybridized carbons (Fsp3) is 0. The molecule has 2 aliphatic carbocycles. The van der Waals surface area contributed by atoms with Gasteiger partial charge in [-0.25, -0.2) is 8.42 Å². The second-order valence-corrected chi connectivity index (χ2v) is 6.85. The smallest absolute Gasteiger partial charge is 0.269 e. The van der Waals surface area contributed by atoms with Crippen molar-refractivity contribution in [2.24, 2.45) is 0 Å². The van der Waals surface area contributed by atoms with E-state index >= 15 is 0 Å². The summed E-state index contributed by atoms with van der Waals surface area (Å²) >= 11 is 0. The predicted octanol–water partition coefficient (Wildman–Crippen LogP) is 3.11. The fourth-order valence-corrected chi connectivity index (χ4v) is 4.02. The highest BCUT2D eigenvalue weighted by Gasteiger charge is 2.27. The molecule has 116 valence electrons. The zero-order chi connectivity index (χ0) is 16.6. The molecule has 23 heavy (non-hydrogen) atoms. The molecular formula is C16H12N2O4S. The van der Waals surface area contributed by atoms with Gasteiger partial charge in [0.15, 0.2) is 0 Å². The number of nitrogen functional groups attached to an aromatic ring is 1. The van der Waals surface area contributed by atoms with E-state index in [1.165, 1.54) is 12.1 Å². The standard InChI is InChI=1S/C16H12N2O4S/c17-15-10-11-4-2-1-3-5-14(11)16(15)23(21,22)13-8-6-12(7-9-13)18(19)20/h1-10H,17H2. The first-order valence-electron chi connectivity index (χ1n) is 6.68. The quantitative estimate of drug-likeness (QED) is 0.587. The lowest BCUT2D eigenvalue weighted by atomic mass is 10.2. The lowest BCUT2D eigenvalue weighted by Crippen LogP contribution is -2.04. The third kappa shape index (κ3) is 2.51. The number of non-ortho nitro benzene ring substituents is 1. The van der Waals surface area contributed by atoms with Crippen LogP contribution in [0.5, 0.6) is 0 Å². The van der Waals surface area contributed by atoms with E-state index in [1.54, 1.807) is 36.4 Å². The Balaban J connectivity index is 2.18. The molecule has 1 aromatic rings. The Morgan fingerprint density at radius 2 is 1.61 bits per heavy atom. The van der Waals surface area contributed by atoms with E-state index < -0.39 is 14.8 Å². The summed E-state index contributed by atoms with van der Waals surface area (Å²) in [5.74, 6) is 0. The van der Waals surface area contributed by atoms with Crippen LogP contribution >= 0.6 is 0 Å². The second-order valence-electron chi connectivity index (χ2n) is 4.96.